The fourth-order valence-electron chi connectivity index (χ4n) is 2.16. The molecule has 0 radical (unpaired) electrons. The molecule has 2 nitrogen and oxygen atoms in total. The van der Waals surface area contributed by atoms with Crippen molar-refractivity contribution in [2.45, 2.75) is 46.0 Å². The zero-order valence-electron chi connectivity index (χ0n) is 9.12. The summed E-state index contributed by atoms with van der Waals surface area (Å²) in [5.74, 6) is 0.0931. The van der Waals surface area contributed by atoms with Crippen LogP contribution in [0, 0.1) is 11.3 Å². The van der Waals surface area contributed by atoms with Crippen LogP contribution in [0.2, 0.25) is 0 Å². The molecule has 0 saturated heterocycles. The number of allylic oxidation sites excluding steroid dienone is 2. The van der Waals surface area contributed by atoms with Crippen molar-refractivity contribution in [1.29, 1.82) is 0 Å². The highest BCUT2D eigenvalue weighted by Gasteiger charge is 2.39. The van der Waals surface area contributed by atoms with E-state index in [4.69, 9.17) is 0 Å². The standard InChI is InChI=1S/C12H20O2/c1-3-4-7-12(11(13)14)8-5-10(2)6-9-12/h3-4,10H,5-9H2,1-2H3,(H,13,14)/b4-3+. The number of rotatable bonds is 3. The molecule has 1 N–H and O–H groups in total. The third-order valence-corrected chi connectivity index (χ3v) is 3.43. The topological polar surface area (TPSA) is 37.3 Å². The summed E-state index contributed by atoms with van der Waals surface area (Å²) in [6, 6.07) is 0. The second-order valence-corrected chi connectivity index (χ2v) is 4.54. The van der Waals surface area contributed by atoms with E-state index in [1.807, 2.05) is 19.1 Å². The first-order valence-electron chi connectivity index (χ1n) is 5.45. The number of carboxylic acid groups (broad SMARTS) is 1. The molecule has 14 heavy (non-hydrogen) atoms. The highest BCUT2D eigenvalue weighted by atomic mass is 16.4. The normalized spacial score (nSPS) is 33.4. The maximum Gasteiger partial charge on any atom is 0.309 e. The molecule has 0 spiro atoms. The molecule has 1 rings (SSSR count). The highest BCUT2D eigenvalue weighted by molar-refractivity contribution is 5.75. The molecule has 0 atom stereocenters. The van der Waals surface area contributed by atoms with Crippen LogP contribution in [0.25, 0.3) is 0 Å². The third-order valence-electron chi connectivity index (χ3n) is 3.43. The van der Waals surface area contributed by atoms with Crippen molar-refractivity contribution in [3.05, 3.63) is 12.2 Å². The van der Waals surface area contributed by atoms with Gasteiger partial charge in [0.15, 0.2) is 0 Å². The zero-order chi connectivity index (χ0) is 10.6. The van der Waals surface area contributed by atoms with Crippen LogP contribution in [0.4, 0.5) is 0 Å². The summed E-state index contributed by atoms with van der Waals surface area (Å²) in [5.41, 5.74) is -0.459. The van der Waals surface area contributed by atoms with E-state index >= 15 is 0 Å². The van der Waals surface area contributed by atoms with Gasteiger partial charge in [0.2, 0.25) is 0 Å². The van der Waals surface area contributed by atoms with E-state index < -0.39 is 11.4 Å². The van der Waals surface area contributed by atoms with Crippen molar-refractivity contribution in [3.8, 4) is 0 Å². The molecule has 1 aliphatic carbocycles. The van der Waals surface area contributed by atoms with Crippen LogP contribution in [-0.4, -0.2) is 11.1 Å². The van der Waals surface area contributed by atoms with Crippen LogP contribution < -0.4 is 0 Å². The fourth-order valence-corrected chi connectivity index (χ4v) is 2.16. The van der Waals surface area contributed by atoms with Crippen molar-refractivity contribution in [2.24, 2.45) is 11.3 Å². The van der Waals surface area contributed by atoms with Crippen molar-refractivity contribution >= 4 is 5.97 Å². The summed E-state index contributed by atoms with van der Waals surface area (Å²) >= 11 is 0. The van der Waals surface area contributed by atoms with Crippen molar-refractivity contribution in [2.75, 3.05) is 0 Å². The molecule has 0 aromatic carbocycles. The molecule has 0 aromatic heterocycles. The quantitative estimate of drug-likeness (QED) is 0.703. The molecule has 1 fully saturated rings. The third kappa shape index (κ3) is 2.37. The minimum absolute atomic E-state index is 0.459. The number of hydrogen-bond donors (Lipinski definition) is 1. The molecule has 80 valence electrons. The Balaban J connectivity index is 2.68. The van der Waals surface area contributed by atoms with Crippen LogP contribution in [0.15, 0.2) is 12.2 Å². The molecule has 0 amide bonds. The van der Waals surface area contributed by atoms with Gasteiger partial charge in [-0.2, -0.15) is 0 Å². The Morgan fingerprint density at radius 3 is 2.50 bits per heavy atom. The lowest BCUT2D eigenvalue weighted by Crippen LogP contribution is -2.34. The number of carboxylic acids is 1. The molecule has 0 bridgehead atoms. The van der Waals surface area contributed by atoms with Gasteiger partial charge in [-0.05, 0) is 44.9 Å². The van der Waals surface area contributed by atoms with Crippen LogP contribution >= 0.6 is 0 Å². The Hall–Kier alpha value is -0.790. The first-order chi connectivity index (χ1) is 6.60. The minimum atomic E-state index is -0.609. The van der Waals surface area contributed by atoms with Crippen LogP contribution in [0.1, 0.15) is 46.0 Å². The Morgan fingerprint density at radius 1 is 1.50 bits per heavy atom. The van der Waals surface area contributed by atoms with E-state index in [2.05, 4.69) is 6.92 Å². The summed E-state index contributed by atoms with van der Waals surface area (Å²) in [6.07, 6.45) is 8.44. The lowest BCUT2D eigenvalue weighted by atomic mass is 9.69. The largest absolute Gasteiger partial charge is 0.481 e. The highest BCUT2D eigenvalue weighted by Crippen LogP contribution is 2.42. The average molecular weight is 196 g/mol. The van der Waals surface area contributed by atoms with Crippen molar-refractivity contribution in [3.63, 3.8) is 0 Å². The molecule has 0 heterocycles. The maximum atomic E-state index is 11.3. The van der Waals surface area contributed by atoms with E-state index in [0.29, 0.717) is 12.3 Å². The molecule has 1 aliphatic rings. The van der Waals surface area contributed by atoms with Crippen LogP contribution in [0.5, 0.6) is 0 Å². The van der Waals surface area contributed by atoms with Crippen LogP contribution in [-0.2, 0) is 4.79 Å². The summed E-state index contributed by atoms with van der Waals surface area (Å²) in [4.78, 5) is 11.3. The number of aliphatic carboxylic acids is 1. The van der Waals surface area contributed by atoms with Crippen molar-refractivity contribution < 1.29 is 9.90 Å². The Morgan fingerprint density at radius 2 is 2.07 bits per heavy atom. The second kappa shape index (κ2) is 4.63. The lowest BCUT2D eigenvalue weighted by molar-refractivity contribution is -0.151. The smallest absolute Gasteiger partial charge is 0.309 e. The SMILES string of the molecule is C/C=C/CC1(C(=O)O)CCC(C)CC1. The average Bonchev–Trinajstić information content (AvgIpc) is 2.17. The van der Waals surface area contributed by atoms with Crippen LogP contribution in [0.3, 0.4) is 0 Å². The van der Waals surface area contributed by atoms with E-state index in [0.717, 1.165) is 25.7 Å². The van der Waals surface area contributed by atoms with Gasteiger partial charge in [0.1, 0.15) is 0 Å². The summed E-state index contributed by atoms with van der Waals surface area (Å²) in [5, 5.41) is 9.27. The molecule has 0 aliphatic heterocycles. The summed E-state index contributed by atoms with van der Waals surface area (Å²) in [7, 11) is 0. The van der Waals surface area contributed by atoms with Gasteiger partial charge in [-0.1, -0.05) is 19.1 Å². The van der Waals surface area contributed by atoms with Gasteiger partial charge in [0.25, 0.3) is 0 Å². The van der Waals surface area contributed by atoms with E-state index in [1.54, 1.807) is 0 Å². The second-order valence-electron chi connectivity index (χ2n) is 4.54. The fraction of sp³-hybridized carbons (Fsp3) is 0.750. The van der Waals surface area contributed by atoms with Gasteiger partial charge in [-0.3, -0.25) is 4.79 Å². The molecule has 0 aromatic rings. The molecule has 1 saturated carbocycles. The number of hydrogen-bond acceptors (Lipinski definition) is 1. The Bertz CT molecular complexity index is 222. The van der Waals surface area contributed by atoms with Crippen molar-refractivity contribution in [1.82, 2.24) is 0 Å². The van der Waals surface area contributed by atoms with E-state index in [-0.39, 0.29) is 0 Å². The summed E-state index contributed by atoms with van der Waals surface area (Å²) in [6.45, 7) is 4.16. The van der Waals surface area contributed by atoms with Gasteiger partial charge < -0.3 is 5.11 Å². The Labute approximate surface area is 86.0 Å². The Kier molecular flexibility index (Phi) is 3.73. The van der Waals surface area contributed by atoms with Gasteiger partial charge in [0.05, 0.1) is 5.41 Å². The van der Waals surface area contributed by atoms with Gasteiger partial charge in [0, 0.05) is 0 Å². The first-order valence-corrected chi connectivity index (χ1v) is 5.45. The monoisotopic (exact) mass is 196 g/mol. The van der Waals surface area contributed by atoms with Gasteiger partial charge in [-0.25, -0.2) is 0 Å². The van der Waals surface area contributed by atoms with E-state index in [9.17, 15) is 9.90 Å². The zero-order valence-corrected chi connectivity index (χ0v) is 9.12. The van der Waals surface area contributed by atoms with Gasteiger partial charge in [-0.15, -0.1) is 0 Å². The summed E-state index contributed by atoms with van der Waals surface area (Å²) < 4.78 is 0. The van der Waals surface area contributed by atoms with E-state index in [1.165, 1.54) is 0 Å². The molecule has 2 heteroatoms. The lowest BCUT2D eigenvalue weighted by Gasteiger charge is -2.35. The molecular formula is C12H20O2. The first kappa shape index (κ1) is 11.3. The maximum absolute atomic E-state index is 11.3. The predicted octanol–water partition coefficient (Wildman–Crippen LogP) is 3.23. The van der Waals surface area contributed by atoms with Gasteiger partial charge >= 0.3 is 5.97 Å². The number of carbonyl (C=O) groups is 1. The minimum Gasteiger partial charge on any atom is -0.481 e. The molecular weight excluding hydrogens is 176 g/mol. The predicted molar refractivity (Wildman–Crippen MR) is 57.1 cm³/mol. The molecule has 0 unspecified atom stereocenters.